The smallest absolute Gasteiger partial charge is 0.257 e. The molecule has 2 heterocycles. The summed E-state index contributed by atoms with van der Waals surface area (Å²) in [6.45, 7) is 4.46. The number of aromatic nitrogens is 2. The Morgan fingerprint density at radius 2 is 1.82 bits per heavy atom. The van der Waals surface area contributed by atoms with Crippen molar-refractivity contribution < 1.29 is 9.53 Å². The van der Waals surface area contributed by atoms with E-state index in [2.05, 4.69) is 24.2 Å². The van der Waals surface area contributed by atoms with E-state index in [1.807, 2.05) is 58.1 Å². The zero-order valence-corrected chi connectivity index (χ0v) is 16.1. The van der Waals surface area contributed by atoms with Crippen LogP contribution in [-0.4, -0.2) is 40.3 Å². The Morgan fingerprint density at radius 3 is 2.54 bits per heavy atom. The highest BCUT2D eigenvalue weighted by Crippen LogP contribution is 2.24. The Balaban J connectivity index is 1.53. The summed E-state index contributed by atoms with van der Waals surface area (Å²) < 4.78 is 7.85. The van der Waals surface area contributed by atoms with Crippen LogP contribution in [0.1, 0.15) is 40.2 Å². The van der Waals surface area contributed by atoms with Crippen LogP contribution in [0.3, 0.4) is 0 Å². The van der Waals surface area contributed by atoms with Gasteiger partial charge in [0.15, 0.2) is 0 Å². The molecule has 1 amide bonds. The lowest BCUT2D eigenvalue weighted by Crippen LogP contribution is -2.42. The first-order valence-electron chi connectivity index (χ1n) is 9.80. The molecule has 1 aliphatic heterocycles. The molecule has 0 bridgehead atoms. The number of hydrogen-bond donors (Lipinski definition) is 0. The highest BCUT2D eigenvalue weighted by Gasteiger charge is 2.28. The number of amides is 1. The third kappa shape index (κ3) is 3.85. The Hall–Kier alpha value is -2.92. The second-order valence-electron chi connectivity index (χ2n) is 7.02. The molecule has 5 nitrogen and oxygen atoms in total. The number of carbonyl (C=O) groups is 1. The number of carbonyl (C=O) groups excluding carboxylic acids is 1. The van der Waals surface area contributed by atoms with Gasteiger partial charge in [0.05, 0.1) is 37.2 Å². The fourth-order valence-corrected chi connectivity index (χ4v) is 3.73. The molecule has 0 spiro atoms. The topological polar surface area (TPSA) is 47.4 Å². The van der Waals surface area contributed by atoms with Crippen molar-refractivity contribution in [2.75, 3.05) is 19.7 Å². The van der Waals surface area contributed by atoms with Crippen molar-refractivity contribution in [2.45, 2.75) is 26.0 Å². The first kappa shape index (κ1) is 18.4. The molecule has 1 fully saturated rings. The molecule has 1 aliphatic rings. The molecule has 5 heteroatoms. The molecule has 0 aliphatic carbocycles. The molecule has 2 aromatic carbocycles. The number of nitrogens with zero attached hydrogens (tertiary/aromatic N) is 3. The number of rotatable bonds is 5. The second kappa shape index (κ2) is 8.40. The van der Waals surface area contributed by atoms with E-state index < -0.39 is 0 Å². The summed E-state index contributed by atoms with van der Waals surface area (Å²) in [5.41, 5.74) is 3.97. The largest absolute Gasteiger partial charge is 0.370 e. The van der Waals surface area contributed by atoms with Gasteiger partial charge in [-0.1, -0.05) is 67.6 Å². The maximum absolute atomic E-state index is 13.2. The van der Waals surface area contributed by atoms with E-state index in [0.717, 1.165) is 17.7 Å². The predicted molar refractivity (Wildman–Crippen MR) is 108 cm³/mol. The second-order valence-corrected chi connectivity index (χ2v) is 7.02. The van der Waals surface area contributed by atoms with Crippen molar-refractivity contribution in [2.24, 2.45) is 0 Å². The molecule has 1 aromatic heterocycles. The molecule has 1 atom stereocenters. The minimum Gasteiger partial charge on any atom is -0.370 e. The number of benzene rings is 2. The molecule has 28 heavy (non-hydrogen) atoms. The molecule has 0 radical (unpaired) electrons. The molecule has 4 rings (SSSR count). The van der Waals surface area contributed by atoms with E-state index in [4.69, 9.17) is 4.74 Å². The average molecular weight is 375 g/mol. The van der Waals surface area contributed by atoms with Gasteiger partial charge < -0.3 is 9.64 Å². The van der Waals surface area contributed by atoms with Crippen LogP contribution in [0.4, 0.5) is 0 Å². The van der Waals surface area contributed by atoms with Crippen LogP contribution in [0.15, 0.2) is 66.9 Å². The minimum atomic E-state index is -0.0802. The first-order valence-corrected chi connectivity index (χ1v) is 9.80. The lowest BCUT2D eigenvalue weighted by Gasteiger charge is -2.33. The van der Waals surface area contributed by atoms with Crippen molar-refractivity contribution in [3.8, 4) is 0 Å². The fraction of sp³-hybridized carbons (Fsp3) is 0.304. The van der Waals surface area contributed by atoms with Crippen LogP contribution in [0.5, 0.6) is 0 Å². The molecule has 3 aromatic rings. The molecule has 1 unspecified atom stereocenters. The lowest BCUT2D eigenvalue weighted by molar-refractivity contribution is -0.0228. The SMILES string of the molecule is CCc1c(C(=O)N2CCOC(c3ccccc3)C2)cnn1Cc1ccccc1. The van der Waals surface area contributed by atoms with E-state index >= 15 is 0 Å². The zero-order chi connectivity index (χ0) is 19.3. The van der Waals surface area contributed by atoms with Crippen molar-refractivity contribution in [1.29, 1.82) is 0 Å². The van der Waals surface area contributed by atoms with E-state index in [-0.39, 0.29) is 12.0 Å². The first-order chi connectivity index (χ1) is 13.8. The Labute approximate surface area is 165 Å². The Morgan fingerprint density at radius 1 is 1.11 bits per heavy atom. The van der Waals surface area contributed by atoms with Crippen LogP contribution in [0.2, 0.25) is 0 Å². The Kier molecular flexibility index (Phi) is 5.53. The van der Waals surface area contributed by atoms with Gasteiger partial charge in [-0.05, 0) is 17.5 Å². The van der Waals surface area contributed by atoms with Crippen LogP contribution in [0.25, 0.3) is 0 Å². The number of morpholine rings is 1. The summed E-state index contributed by atoms with van der Waals surface area (Å²) in [7, 11) is 0. The molecule has 0 N–H and O–H groups in total. The quantitative estimate of drug-likeness (QED) is 0.683. The number of ether oxygens (including phenoxy) is 1. The minimum absolute atomic E-state index is 0.0420. The molecule has 1 saturated heterocycles. The normalized spacial score (nSPS) is 16.9. The van der Waals surface area contributed by atoms with Crippen LogP contribution < -0.4 is 0 Å². The van der Waals surface area contributed by atoms with E-state index in [1.165, 1.54) is 5.56 Å². The van der Waals surface area contributed by atoms with Crippen LogP contribution >= 0.6 is 0 Å². The van der Waals surface area contributed by atoms with Crippen LogP contribution in [0, 0.1) is 0 Å². The fourth-order valence-electron chi connectivity index (χ4n) is 3.73. The summed E-state index contributed by atoms with van der Waals surface area (Å²) in [6, 6.07) is 20.3. The third-order valence-electron chi connectivity index (χ3n) is 5.21. The maximum atomic E-state index is 13.2. The van der Waals surface area contributed by atoms with Gasteiger partial charge >= 0.3 is 0 Å². The van der Waals surface area contributed by atoms with Crippen LogP contribution in [-0.2, 0) is 17.7 Å². The van der Waals surface area contributed by atoms with Crippen molar-refractivity contribution in [3.05, 3.63) is 89.2 Å². The van der Waals surface area contributed by atoms with Gasteiger partial charge in [0, 0.05) is 6.54 Å². The standard InChI is InChI=1S/C23H25N3O2/c1-2-21-20(15-24-26(21)16-18-9-5-3-6-10-18)23(27)25-13-14-28-22(17-25)19-11-7-4-8-12-19/h3-12,15,22H,2,13-14,16-17H2,1H3. The highest BCUT2D eigenvalue weighted by molar-refractivity contribution is 5.95. The Bertz CT molecular complexity index is 922. The molecule has 0 saturated carbocycles. The van der Waals surface area contributed by atoms with E-state index in [9.17, 15) is 4.79 Å². The summed E-state index contributed by atoms with van der Waals surface area (Å²) in [4.78, 5) is 15.1. The highest BCUT2D eigenvalue weighted by atomic mass is 16.5. The van der Waals surface area contributed by atoms with Gasteiger partial charge in [0.1, 0.15) is 6.10 Å². The molecule has 144 valence electrons. The summed E-state index contributed by atoms with van der Waals surface area (Å²) in [6.07, 6.45) is 2.40. The summed E-state index contributed by atoms with van der Waals surface area (Å²) >= 11 is 0. The zero-order valence-electron chi connectivity index (χ0n) is 16.1. The predicted octanol–water partition coefficient (Wildman–Crippen LogP) is 3.71. The lowest BCUT2D eigenvalue weighted by atomic mass is 10.1. The summed E-state index contributed by atoms with van der Waals surface area (Å²) in [5.74, 6) is 0.0420. The monoisotopic (exact) mass is 375 g/mol. The maximum Gasteiger partial charge on any atom is 0.257 e. The average Bonchev–Trinajstić information content (AvgIpc) is 3.17. The summed E-state index contributed by atoms with van der Waals surface area (Å²) in [5, 5.41) is 4.51. The van der Waals surface area contributed by atoms with E-state index in [1.54, 1.807) is 6.20 Å². The van der Waals surface area contributed by atoms with Gasteiger partial charge in [-0.2, -0.15) is 5.10 Å². The molecular formula is C23H25N3O2. The number of hydrogen-bond acceptors (Lipinski definition) is 3. The van der Waals surface area contributed by atoms with Gasteiger partial charge in [-0.15, -0.1) is 0 Å². The van der Waals surface area contributed by atoms with Crippen molar-refractivity contribution in [1.82, 2.24) is 14.7 Å². The van der Waals surface area contributed by atoms with Gasteiger partial charge in [-0.25, -0.2) is 0 Å². The van der Waals surface area contributed by atoms with Crippen molar-refractivity contribution in [3.63, 3.8) is 0 Å². The molecular weight excluding hydrogens is 350 g/mol. The van der Waals surface area contributed by atoms with Gasteiger partial charge in [-0.3, -0.25) is 9.48 Å². The third-order valence-corrected chi connectivity index (χ3v) is 5.21. The van der Waals surface area contributed by atoms with E-state index in [0.29, 0.717) is 31.8 Å². The van der Waals surface area contributed by atoms with Gasteiger partial charge in [0.2, 0.25) is 0 Å². The van der Waals surface area contributed by atoms with Gasteiger partial charge in [0.25, 0.3) is 5.91 Å². The van der Waals surface area contributed by atoms with Crippen molar-refractivity contribution >= 4 is 5.91 Å².